The first-order chi connectivity index (χ1) is 31.2. The molecular weight excluding hydrogens is 763 g/mol. The molecule has 63 heavy (non-hydrogen) atoms. The Morgan fingerprint density at radius 3 is 1.48 bits per heavy atom. The average molecular weight is 800 g/mol. The van der Waals surface area contributed by atoms with Gasteiger partial charge in [-0.25, -0.2) is 0 Å². The number of fused-ring (bicyclic) bond motifs is 18. The van der Waals surface area contributed by atoms with E-state index in [1.807, 2.05) is 0 Å². The summed E-state index contributed by atoms with van der Waals surface area (Å²) in [5.41, 5.74) is 15.2. The van der Waals surface area contributed by atoms with E-state index in [0.717, 1.165) is 17.2 Å². The van der Waals surface area contributed by atoms with Gasteiger partial charge in [-0.1, -0.05) is 164 Å². The lowest BCUT2D eigenvalue weighted by atomic mass is 9.66. The summed E-state index contributed by atoms with van der Waals surface area (Å²) in [6.07, 6.45) is 0. The zero-order chi connectivity index (χ0) is 41.2. The van der Waals surface area contributed by atoms with Gasteiger partial charge in [0.05, 0.1) is 16.4 Å². The van der Waals surface area contributed by atoms with Gasteiger partial charge < -0.3 is 9.30 Å². The predicted octanol–water partition coefficient (Wildman–Crippen LogP) is 16.0. The van der Waals surface area contributed by atoms with Gasteiger partial charge in [-0.3, -0.25) is 0 Å². The molecule has 0 radical (unpaired) electrons. The molecule has 14 rings (SSSR count). The van der Waals surface area contributed by atoms with E-state index < -0.39 is 5.41 Å². The van der Waals surface area contributed by atoms with Crippen molar-refractivity contribution in [3.8, 4) is 50.6 Å². The van der Waals surface area contributed by atoms with Gasteiger partial charge in [0.15, 0.2) is 0 Å². The van der Waals surface area contributed by atoms with Crippen LogP contribution in [0.15, 0.2) is 224 Å². The fourth-order valence-corrected chi connectivity index (χ4v) is 11.4. The highest BCUT2D eigenvalue weighted by atomic mass is 16.5. The molecule has 0 atom stereocenters. The average Bonchev–Trinajstić information content (AvgIpc) is 3.83. The van der Waals surface area contributed by atoms with Crippen molar-refractivity contribution in [2.75, 3.05) is 0 Å². The van der Waals surface area contributed by atoms with Gasteiger partial charge in [0, 0.05) is 27.6 Å². The quantitative estimate of drug-likeness (QED) is 0.162. The standard InChI is InChI=1S/C61H37NO/c1-2-17-42(18-3-1)62-57-32-30-41(39-16-14-15-38(33-39)40-29-31-47-45-21-5-4-19-43(45)44-20-6-7-22-46(44)49(47)34-40)35-51(57)52-36-50-48-23-8-9-24-53(48)61(56(50)37-58(52)62)54-25-10-12-27-59(54)63-60-28-13-11-26-55(60)61/h1-37H. The van der Waals surface area contributed by atoms with Gasteiger partial charge >= 0.3 is 0 Å². The molecule has 11 aromatic carbocycles. The van der Waals surface area contributed by atoms with Gasteiger partial charge in [-0.05, 0) is 137 Å². The molecule has 0 saturated carbocycles. The van der Waals surface area contributed by atoms with Gasteiger partial charge in [0.2, 0.25) is 0 Å². The van der Waals surface area contributed by atoms with E-state index in [4.69, 9.17) is 4.74 Å². The van der Waals surface area contributed by atoms with Crippen LogP contribution in [0.4, 0.5) is 0 Å². The number of benzene rings is 11. The van der Waals surface area contributed by atoms with Crippen LogP contribution in [-0.4, -0.2) is 4.57 Å². The molecule has 292 valence electrons. The zero-order valence-electron chi connectivity index (χ0n) is 34.2. The second-order valence-corrected chi connectivity index (χ2v) is 17.1. The molecule has 2 aliphatic rings. The van der Waals surface area contributed by atoms with Crippen molar-refractivity contribution in [2.45, 2.75) is 5.41 Å². The summed E-state index contributed by atoms with van der Waals surface area (Å²) in [6, 6.07) is 82.7. The Kier molecular flexibility index (Phi) is 7.07. The van der Waals surface area contributed by atoms with E-state index >= 15 is 0 Å². The van der Waals surface area contributed by atoms with E-state index in [1.165, 1.54) is 110 Å². The molecule has 0 unspecified atom stereocenters. The van der Waals surface area contributed by atoms with E-state index in [1.54, 1.807) is 0 Å². The van der Waals surface area contributed by atoms with Crippen molar-refractivity contribution < 1.29 is 4.74 Å². The Morgan fingerprint density at radius 2 is 0.794 bits per heavy atom. The molecule has 0 amide bonds. The summed E-state index contributed by atoms with van der Waals surface area (Å²) in [6.45, 7) is 0. The van der Waals surface area contributed by atoms with E-state index in [9.17, 15) is 0 Å². The lowest BCUT2D eigenvalue weighted by Gasteiger charge is -2.39. The summed E-state index contributed by atoms with van der Waals surface area (Å²) in [7, 11) is 0. The SMILES string of the molecule is c1ccc(-n2c3ccc(-c4cccc(-c5ccc6c7ccccc7c7ccccc7c6c5)c4)cc3c3cc4c(cc32)C2(c3ccccc3Oc3ccccc32)c2ccccc2-4)cc1. The number of rotatable bonds is 3. The van der Waals surface area contributed by atoms with Crippen LogP contribution in [0.2, 0.25) is 0 Å². The molecule has 2 heterocycles. The number of nitrogens with zero attached hydrogens (tertiary/aromatic N) is 1. The Bertz CT molecular complexity index is 3810. The second kappa shape index (κ2) is 12.9. The molecule has 2 nitrogen and oxygen atoms in total. The van der Waals surface area contributed by atoms with Crippen LogP contribution in [0.25, 0.3) is 93.2 Å². The first-order valence-corrected chi connectivity index (χ1v) is 21.8. The maximum Gasteiger partial charge on any atom is 0.132 e. The molecule has 0 bridgehead atoms. The lowest BCUT2D eigenvalue weighted by molar-refractivity contribution is 0.436. The molecule has 0 fully saturated rings. The zero-order valence-corrected chi connectivity index (χ0v) is 34.2. The van der Waals surface area contributed by atoms with Crippen molar-refractivity contribution >= 4 is 54.1 Å². The molecule has 1 aromatic heterocycles. The summed E-state index contributed by atoms with van der Waals surface area (Å²) < 4.78 is 9.12. The molecule has 12 aromatic rings. The number of hydrogen-bond acceptors (Lipinski definition) is 1. The smallest absolute Gasteiger partial charge is 0.132 e. The maximum absolute atomic E-state index is 6.66. The Hall–Kier alpha value is -8.20. The summed E-state index contributed by atoms with van der Waals surface area (Å²) in [5, 5.41) is 10.2. The summed E-state index contributed by atoms with van der Waals surface area (Å²) >= 11 is 0. The van der Waals surface area contributed by atoms with E-state index in [2.05, 4.69) is 229 Å². The maximum atomic E-state index is 6.66. The third-order valence-electron chi connectivity index (χ3n) is 14.0. The molecular formula is C61H37NO. The Balaban J connectivity index is 0.990. The fourth-order valence-electron chi connectivity index (χ4n) is 11.4. The van der Waals surface area contributed by atoms with Gasteiger partial charge in [-0.15, -0.1) is 0 Å². The van der Waals surface area contributed by atoms with Crippen molar-refractivity contribution in [1.82, 2.24) is 4.57 Å². The van der Waals surface area contributed by atoms with Crippen molar-refractivity contribution in [3.63, 3.8) is 0 Å². The molecule has 1 spiro atoms. The molecule has 0 N–H and O–H groups in total. The van der Waals surface area contributed by atoms with Crippen LogP contribution in [0.1, 0.15) is 22.3 Å². The van der Waals surface area contributed by atoms with Crippen LogP contribution in [0, 0.1) is 0 Å². The number of aromatic nitrogens is 1. The fraction of sp³-hybridized carbons (Fsp3) is 0.0164. The lowest BCUT2D eigenvalue weighted by Crippen LogP contribution is -2.32. The number of hydrogen-bond donors (Lipinski definition) is 0. The van der Waals surface area contributed by atoms with Crippen molar-refractivity contribution in [1.29, 1.82) is 0 Å². The third-order valence-corrected chi connectivity index (χ3v) is 14.0. The molecule has 0 saturated heterocycles. The van der Waals surface area contributed by atoms with Gasteiger partial charge in [-0.2, -0.15) is 0 Å². The highest BCUT2D eigenvalue weighted by Gasteiger charge is 2.51. The first-order valence-electron chi connectivity index (χ1n) is 21.8. The highest BCUT2D eigenvalue weighted by molar-refractivity contribution is 6.25. The van der Waals surface area contributed by atoms with Crippen LogP contribution >= 0.6 is 0 Å². The van der Waals surface area contributed by atoms with Crippen LogP contribution < -0.4 is 4.74 Å². The summed E-state index contributed by atoms with van der Waals surface area (Å²) in [4.78, 5) is 0. The van der Waals surface area contributed by atoms with Crippen LogP contribution in [0.5, 0.6) is 11.5 Å². The largest absolute Gasteiger partial charge is 0.457 e. The van der Waals surface area contributed by atoms with E-state index in [-0.39, 0.29) is 0 Å². The minimum atomic E-state index is -0.544. The van der Waals surface area contributed by atoms with Gasteiger partial charge in [0.25, 0.3) is 0 Å². The summed E-state index contributed by atoms with van der Waals surface area (Å²) in [5.74, 6) is 1.81. The Labute approximate surface area is 364 Å². The topological polar surface area (TPSA) is 14.2 Å². The highest BCUT2D eigenvalue weighted by Crippen LogP contribution is 2.62. The molecule has 2 heteroatoms. The molecule has 1 aliphatic carbocycles. The second-order valence-electron chi connectivity index (χ2n) is 17.1. The minimum absolute atomic E-state index is 0.544. The number of ether oxygens (including phenoxy) is 1. The predicted molar refractivity (Wildman–Crippen MR) is 262 cm³/mol. The third kappa shape index (κ3) is 4.72. The van der Waals surface area contributed by atoms with Gasteiger partial charge in [0.1, 0.15) is 11.5 Å². The monoisotopic (exact) mass is 799 g/mol. The normalized spacial score (nSPS) is 13.3. The minimum Gasteiger partial charge on any atom is -0.457 e. The Morgan fingerprint density at radius 1 is 0.286 bits per heavy atom. The van der Waals surface area contributed by atoms with Crippen molar-refractivity contribution in [3.05, 3.63) is 247 Å². The first kappa shape index (κ1) is 34.5. The van der Waals surface area contributed by atoms with E-state index in [0.29, 0.717) is 0 Å². The van der Waals surface area contributed by atoms with Crippen LogP contribution in [-0.2, 0) is 5.41 Å². The van der Waals surface area contributed by atoms with Crippen LogP contribution in [0.3, 0.4) is 0 Å². The molecule has 1 aliphatic heterocycles. The number of para-hydroxylation sites is 3. The van der Waals surface area contributed by atoms with Crippen molar-refractivity contribution in [2.24, 2.45) is 0 Å².